The van der Waals surface area contributed by atoms with E-state index in [0.717, 1.165) is 17.5 Å². The molecule has 0 aromatic heterocycles. The second-order valence-electron chi connectivity index (χ2n) is 3.92. The summed E-state index contributed by atoms with van der Waals surface area (Å²) in [4.78, 5) is 0. The maximum Gasteiger partial charge on any atom is 0.116 e. The first kappa shape index (κ1) is 22.3. The van der Waals surface area contributed by atoms with Crippen molar-refractivity contribution >= 4 is 24.8 Å². The van der Waals surface area contributed by atoms with Crippen LogP contribution in [0.2, 0.25) is 0 Å². The van der Waals surface area contributed by atoms with E-state index in [1.165, 1.54) is 0 Å². The molecule has 1 aliphatic carbocycles. The van der Waals surface area contributed by atoms with Crippen molar-refractivity contribution in [1.82, 2.24) is 0 Å². The van der Waals surface area contributed by atoms with Crippen molar-refractivity contribution < 1.29 is 26.8 Å². The molecule has 3 rings (SSSR count). The molecule has 0 aliphatic heterocycles. The van der Waals surface area contributed by atoms with Crippen LogP contribution in [0.15, 0.2) is 72.8 Å². The van der Waals surface area contributed by atoms with Crippen LogP contribution >= 0.6 is 24.8 Å². The van der Waals surface area contributed by atoms with Crippen molar-refractivity contribution in [1.29, 1.82) is 0 Å². The number of hydrogen-bond donors (Lipinski definition) is 1. The molecule has 0 atom stereocenters. The van der Waals surface area contributed by atoms with Gasteiger partial charge in [0.1, 0.15) is 5.75 Å². The Labute approximate surface area is 153 Å². The zero-order valence-corrected chi connectivity index (χ0v) is 14.6. The van der Waals surface area contributed by atoms with Crippen molar-refractivity contribution in [2.45, 2.75) is 6.42 Å². The van der Waals surface area contributed by atoms with Crippen LogP contribution in [0.3, 0.4) is 0 Å². The number of phenols is 1. The van der Waals surface area contributed by atoms with Gasteiger partial charge in [-0.05, 0) is 23.3 Å². The summed E-state index contributed by atoms with van der Waals surface area (Å²) in [5, 5.41) is 9.27. The van der Waals surface area contributed by atoms with Gasteiger partial charge in [0.05, 0.1) is 0 Å². The minimum absolute atomic E-state index is 0. The van der Waals surface area contributed by atoms with E-state index in [-0.39, 0.29) is 46.5 Å². The van der Waals surface area contributed by atoms with E-state index in [0.29, 0.717) is 5.75 Å². The molecule has 21 heavy (non-hydrogen) atoms. The van der Waals surface area contributed by atoms with Crippen LogP contribution in [0.25, 0.3) is 11.1 Å². The Morgan fingerprint density at radius 3 is 2.00 bits per heavy atom. The van der Waals surface area contributed by atoms with Gasteiger partial charge in [-0.3, -0.25) is 6.08 Å². The molecule has 0 saturated carbocycles. The molecule has 1 aliphatic rings. The predicted octanol–water partition coefficient (Wildman–Crippen LogP) is 5.21. The van der Waals surface area contributed by atoms with Crippen molar-refractivity contribution in [3.8, 4) is 16.9 Å². The van der Waals surface area contributed by atoms with Gasteiger partial charge < -0.3 is 5.11 Å². The van der Waals surface area contributed by atoms with E-state index >= 15 is 0 Å². The molecule has 1 N–H and O–H groups in total. The number of halogens is 2. The fraction of sp³-hybridized carbons (Fsp3) is 0.0588. The molecule has 0 fully saturated rings. The third-order valence-corrected chi connectivity index (χ3v) is 2.54. The van der Waals surface area contributed by atoms with Crippen molar-refractivity contribution in [3.63, 3.8) is 0 Å². The molecular formula is C17H17Cl2OTi-. The van der Waals surface area contributed by atoms with Gasteiger partial charge in [0.2, 0.25) is 0 Å². The summed E-state index contributed by atoms with van der Waals surface area (Å²) in [6, 6.07) is 17.3. The summed E-state index contributed by atoms with van der Waals surface area (Å²) in [5.74, 6) is 0.307. The summed E-state index contributed by atoms with van der Waals surface area (Å²) < 4.78 is 0. The van der Waals surface area contributed by atoms with Crippen LogP contribution in [0, 0.1) is 6.08 Å². The maximum absolute atomic E-state index is 9.27. The zero-order valence-electron chi connectivity index (χ0n) is 11.4. The molecule has 4 heteroatoms. The molecule has 1 nitrogen and oxygen atoms in total. The van der Waals surface area contributed by atoms with E-state index in [9.17, 15) is 5.11 Å². The topological polar surface area (TPSA) is 20.2 Å². The Bertz CT molecular complexity index is 544. The normalized spacial score (nSPS) is 10.3. The van der Waals surface area contributed by atoms with Crippen LogP contribution < -0.4 is 0 Å². The van der Waals surface area contributed by atoms with Gasteiger partial charge in [0, 0.05) is 21.7 Å². The quantitative estimate of drug-likeness (QED) is 0.550. The van der Waals surface area contributed by atoms with Crippen LogP contribution in [0.1, 0.15) is 6.42 Å². The van der Waals surface area contributed by atoms with Crippen LogP contribution in [-0.2, 0) is 21.7 Å². The minimum Gasteiger partial charge on any atom is -0.508 e. The first-order valence-corrected chi connectivity index (χ1v) is 5.92. The zero-order chi connectivity index (χ0) is 12.6. The maximum atomic E-state index is 9.27. The molecule has 2 aromatic rings. The van der Waals surface area contributed by atoms with Gasteiger partial charge in [-0.25, -0.2) is 12.2 Å². The minimum atomic E-state index is 0. The van der Waals surface area contributed by atoms with Crippen LogP contribution in [-0.4, -0.2) is 5.11 Å². The molecule has 0 spiro atoms. The summed E-state index contributed by atoms with van der Waals surface area (Å²) in [7, 11) is 0. The number of benzene rings is 2. The van der Waals surface area contributed by atoms with Gasteiger partial charge in [-0.1, -0.05) is 42.5 Å². The molecule has 0 heterocycles. The van der Waals surface area contributed by atoms with E-state index in [4.69, 9.17) is 0 Å². The SMILES string of the molecule is Cl.Cl.Oc1cccc(-c2ccccc2)c1.[C-]1=CC=CC1.[Ti]. The fourth-order valence-electron chi connectivity index (χ4n) is 1.66. The number of aromatic hydroxyl groups is 1. The van der Waals surface area contributed by atoms with E-state index < -0.39 is 0 Å². The Morgan fingerprint density at radius 1 is 0.857 bits per heavy atom. The molecule has 0 radical (unpaired) electrons. The molecule has 0 unspecified atom stereocenters. The largest absolute Gasteiger partial charge is 0.508 e. The van der Waals surface area contributed by atoms with E-state index in [1.54, 1.807) is 12.1 Å². The second-order valence-corrected chi connectivity index (χ2v) is 3.92. The van der Waals surface area contributed by atoms with E-state index in [1.807, 2.05) is 54.6 Å². The third kappa shape index (κ3) is 8.13. The standard InChI is InChI=1S/C12H10O.C5H5.2ClH.Ti/c13-12-8-4-7-11(9-12)10-5-2-1-3-6-10;1-2-4-5-3-1;;;/h1-9,13H;1-3H,4H2;2*1H;/q;-1;;;. The third-order valence-electron chi connectivity index (χ3n) is 2.54. The van der Waals surface area contributed by atoms with Crippen molar-refractivity contribution in [3.05, 3.63) is 78.9 Å². The molecule has 110 valence electrons. The van der Waals surface area contributed by atoms with Crippen LogP contribution in [0.4, 0.5) is 0 Å². The Morgan fingerprint density at radius 2 is 1.52 bits per heavy atom. The summed E-state index contributed by atoms with van der Waals surface area (Å²) in [5.41, 5.74) is 2.17. The molecule has 0 amide bonds. The average molecular weight is 356 g/mol. The smallest absolute Gasteiger partial charge is 0.116 e. The first-order valence-electron chi connectivity index (χ1n) is 5.92. The van der Waals surface area contributed by atoms with Crippen molar-refractivity contribution in [2.75, 3.05) is 0 Å². The van der Waals surface area contributed by atoms with Crippen molar-refractivity contribution in [2.24, 2.45) is 0 Å². The molecule has 0 bridgehead atoms. The van der Waals surface area contributed by atoms with Crippen LogP contribution in [0.5, 0.6) is 5.75 Å². The predicted molar refractivity (Wildman–Crippen MR) is 89.6 cm³/mol. The molecular weight excluding hydrogens is 339 g/mol. The molecule has 2 aromatic carbocycles. The summed E-state index contributed by atoms with van der Waals surface area (Å²) >= 11 is 0. The number of phenolic OH excluding ortho intramolecular Hbond substituents is 1. The summed E-state index contributed by atoms with van der Waals surface area (Å²) in [6.07, 6.45) is 10.0. The Kier molecular flexibility index (Phi) is 13.5. The average Bonchev–Trinajstić information content (AvgIpc) is 2.99. The summed E-state index contributed by atoms with van der Waals surface area (Å²) in [6.45, 7) is 0. The Hall–Kier alpha value is -0.986. The monoisotopic (exact) mass is 355 g/mol. The first-order chi connectivity index (χ1) is 8.86. The van der Waals surface area contributed by atoms with Gasteiger partial charge in [-0.15, -0.1) is 31.2 Å². The fourth-order valence-corrected chi connectivity index (χ4v) is 1.66. The van der Waals surface area contributed by atoms with Gasteiger partial charge in [-0.2, -0.15) is 6.08 Å². The van der Waals surface area contributed by atoms with Gasteiger partial charge >= 0.3 is 0 Å². The molecule has 0 saturated heterocycles. The van der Waals surface area contributed by atoms with Gasteiger partial charge in [0.15, 0.2) is 0 Å². The Balaban J connectivity index is 0. The van der Waals surface area contributed by atoms with Gasteiger partial charge in [0.25, 0.3) is 0 Å². The second kappa shape index (κ2) is 12.7. The number of hydrogen-bond acceptors (Lipinski definition) is 1. The number of rotatable bonds is 1. The van der Waals surface area contributed by atoms with E-state index in [2.05, 4.69) is 12.2 Å². The number of allylic oxidation sites excluding steroid dienone is 4.